The first-order valence-electron chi connectivity index (χ1n) is 11.7. The molecule has 0 fully saturated rings. The molecule has 0 saturated carbocycles. The molecule has 0 aliphatic heterocycles. The average Bonchev–Trinajstić information content (AvgIpc) is 3.29. The van der Waals surface area contributed by atoms with Gasteiger partial charge in [0.2, 0.25) is 0 Å². The SMILES string of the molecule is CCOc1ccc2ccccc2c1C(=O)N(CCN(CC)CC)c1nc2ccc(OC)cc2s1. The van der Waals surface area contributed by atoms with Gasteiger partial charge in [0.25, 0.3) is 5.91 Å². The van der Waals surface area contributed by atoms with Crippen molar-refractivity contribution in [2.75, 3.05) is 44.8 Å². The largest absolute Gasteiger partial charge is 0.497 e. The van der Waals surface area contributed by atoms with E-state index < -0.39 is 0 Å². The van der Waals surface area contributed by atoms with Crippen LogP contribution in [0.4, 0.5) is 5.13 Å². The maximum atomic E-state index is 14.2. The van der Waals surface area contributed by atoms with Crippen molar-refractivity contribution in [1.82, 2.24) is 9.88 Å². The zero-order valence-electron chi connectivity index (χ0n) is 20.2. The number of carbonyl (C=O) groups excluding carboxylic acids is 1. The van der Waals surface area contributed by atoms with E-state index in [1.165, 1.54) is 11.3 Å². The second-order valence-corrected chi connectivity index (χ2v) is 8.92. The number of rotatable bonds is 10. The normalized spacial score (nSPS) is 11.3. The Bertz CT molecular complexity index is 1280. The van der Waals surface area contributed by atoms with E-state index in [2.05, 4.69) is 18.7 Å². The van der Waals surface area contributed by atoms with Crippen LogP contribution in [0.25, 0.3) is 21.0 Å². The number of carbonyl (C=O) groups is 1. The fraction of sp³-hybridized carbons (Fsp3) is 0.333. The van der Waals surface area contributed by atoms with Gasteiger partial charge in [0.05, 0.1) is 29.5 Å². The van der Waals surface area contributed by atoms with Crippen LogP contribution in [0.15, 0.2) is 54.6 Å². The molecule has 1 aromatic heterocycles. The Morgan fingerprint density at radius 1 is 1.00 bits per heavy atom. The number of thiazole rings is 1. The summed E-state index contributed by atoms with van der Waals surface area (Å²) in [6.45, 7) is 9.83. The standard InChI is InChI=1S/C27H31N3O3S/c1-5-29(6-2)16-17-30(27-28-22-14-13-20(32-4)18-24(22)34-27)26(31)25-21-11-9-8-10-19(21)12-15-23(25)33-7-3/h8-15,18H,5-7,16-17H2,1-4H3. The van der Waals surface area contributed by atoms with Gasteiger partial charge >= 0.3 is 0 Å². The van der Waals surface area contributed by atoms with Crippen LogP contribution in [-0.2, 0) is 0 Å². The highest BCUT2D eigenvalue weighted by molar-refractivity contribution is 7.22. The van der Waals surface area contributed by atoms with Gasteiger partial charge in [-0.3, -0.25) is 9.69 Å². The number of fused-ring (bicyclic) bond motifs is 2. The van der Waals surface area contributed by atoms with Gasteiger partial charge in [-0.05, 0) is 55.1 Å². The molecule has 0 bridgehead atoms. The Morgan fingerprint density at radius 2 is 1.79 bits per heavy atom. The van der Waals surface area contributed by atoms with E-state index in [1.807, 2.05) is 61.5 Å². The minimum Gasteiger partial charge on any atom is -0.497 e. The van der Waals surface area contributed by atoms with E-state index >= 15 is 0 Å². The molecular weight excluding hydrogens is 446 g/mol. The average molecular weight is 478 g/mol. The highest BCUT2D eigenvalue weighted by Gasteiger charge is 2.26. The Balaban J connectivity index is 1.82. The maximum Gasteiger partial charge on any atom is 0.264 e. The number of benzene rings is 3. The number of ether oxygens (including phenoxy) is 2. The van der Waals surface area contributed by atoms with Crippen LogP contribution >= 0.6 is 11.3 Å². The molecule has 34 heavy (non-hydrogen) atoms. The molecule has 4 aromatic rings. The zero-order chi connectivity index (χ0) is 24.1. The summed E-state index contributed by atoms with van der Waals surface area (Å²) in [5, 5.41) is 2.57. The van der Waals surface area contributed by atoms with Crippen molar-refractivity contribution in [3.05, 3.63) is 60.2 Å². The van der Waals surface area contributed by atoms with Gasteiger partial charge in [-0.25, -0.2) is 4.98 Å². The Labute approximate surface area is 204 Å². The predicted octanol–water partition coefficient (Wildman–Crippen LogP) is 5.85. The van der Waals surface area contributed by atoms with E-state index in [-0.39, 0.29) is 5.91 Å². The lowest BCUT2D eigenvalue weighted by Crippen LogP contribution is -2.39. The summed E-state index contributed by atoms with van der Waals surface area (Å²) in [5.74, 6) is 1.27. The quantitative estimate of drug-likeness (QED) is 0.287. The van der Waals surface area contributed by atoms with E-state index in [0.29, 0.717) is 29.6 Å². The molecule has 0 N–H and O–H groups in total. The molecular formula is C27H31N3O3S. The number of anilines is 1. The molecule has 0 aliphatic rings. The lowest BCUT2D eigenvalue weighted by molar-refractivity contribution is 0.0982. The molecule has 0 atom stereocenters. The van der Waals surface area contributed by atoms with Crippen molar-refractivity contribution in [2.24, 2.45) is 0 Å². The summed E-state index contributed by atoms with van der Waals surface area (Å²) in [4.78, 5) is 23.2. The number of likely N-dealkylation sites (N-methyl/N-ethyl adjacent to an activating group) is 1. The van der Waals surface area contributed by atoms with Crippen LogP contribution in [-0.4, -0.2) is 55.7 Å². The third kappa shape index (κ3) is 4.86. The molecule has 0 spiro atoms. The number of amides is 1. The summed E-state index contributed by atoms with van der Waals surface area (Å²) in [5.41, 5.74) is 1.43. The minimum atomic E-state index is -0.0987. The molecule has 0 saturated heterocycles. The lowest BCUT2D eigenvalue weighted by Gasteiger charge is -2.26. The third-order valence-corrected chi connectivity index (χ3v) is 7.04. The number of hydrogen-bond acceptors (Lipinski definition) is 6. The molecule has 3 aromatic carbocycles. The first kappa shape index (κ1) is 24.0. The molecule has 178 valence electrons. The first-order valence-corrected chi connectivity index (χ1v) is 12.5. The van der Waals surface area contributed by atoms with Gasteiger partial charge in [-0.2, -0.15) is 0 Å². The summed E-state index contributed by atoms with van der Waals surface area (Å²) in [6.07, 6.45) is 0. The van der Waals surface area contributed by atoms with Crippen molar-refractivity contribution in [1.29, 1.82) is 0 Å². The lowest BCUT2D eigenvalue weighted by atomic mass is 10.0. The van der Waals surface area contributed by atoms with Crippen molar-refractivity contribution in [3.8, 4) is 11.5 Å². The van der Waals surface area contributed by atoms with Crippen molar-refractivity contribution >= 4 is 43.4 Å². The van der Waals surface area contributed by atoms with Crippen LogP contribution in [0.2, 0.25) is 0 Å². The highest BCUT2D eigenvalue weighted by atomic mass is 32.1. The molecule has 1 amide bonds. The molecule has 0 unspecified atom stereocenters. The summed E-state index contributed by atoms with van der Waals surface area (Å²) < 4.78 is 12.3. The van der Waals surface area contributed by atoms with Crippen LogP contribution in [0.3, 0.4) is 0 Å². The topological polar surface area (TPSA) is 54.9 Å². The van der Waals surface area contributed by atoms with Crippen molar-refractivity contribution in [2.45, 2.75) is 20.8 Å². The number of nitrogens with zero attached hydrogens (tertiary/aromatic N) is 3. The zero-order valence-corrected chi connectivity index (χ0v) is 21.0. The van der Waals surface area contributed by atoms with Gasteiger partial charge in [-0.1, -0.05) is 55.5 Å². The number of methoxy groups -OCH3 is 1. The second-order valence-electron chi connectivity index (χ2n) is 7.91. The third-order valence-electron chi connectivity index (χ3n) is 6.00. The van der Waals surface area contributed by atoms with Gasteiger partial charge in [-0.15, -0.1) is 0 Å². The van der Waals surface area contributed by atoms with Gasteiger partial charge in [0.1, 0.15) is 11.5 Å². The van der Waals surface area contributed by atoms with Crippen molar-refractivity contribution < 1.29 is 14.3 Å². The monoisotopic (exact) mass is 477 g/mol. The van der Waals surface area contributed by atoms with Crippen LogP contribution < -0.4 is 14.4 Å². The van der Waals surface area contributed by atoms with Crippen LogP contribution in [0.5, 0.6) is 11.5 Å². The van der Waals surface area contributed by atoms with Crippen LogP contribution in [0, 0.1) is 0 Å². The Kier molecular flexibility index (Phi) is 7.65. The second kappa shape index (κ2) is 10.8. The molecule has 0 aliphatic carbocycles. The number of aromatic nitrogens is 1. The first-order chi connectivity index (χ1) is 16.6. The summed E-state index contributed by atoms with van der Waals surface area (Å²) in [7, 11) is 1.65. The minimum absolute atomic E-state index is 0.0987. The van der Waals surface area contributed by atoms with E-state index in [0.717, 1.165) is 46.4 Å². The van der Waals surface area contributed by atoms with E-state index in [1.54, 1.807) is 12.0 Å². The van der Waals surface area contributed by atoms with Gasteiger partial charge < -0.3 is 14.4 Å². The molecule has 0 radical (unpaired) electrons. The van der Waals surface area contributed by atoms with Gasteiger partial charge in [0.15, 0.2) is 5.13 Å². The summed E-state index contributed by atoms with van der Waals surface area (Å²) in [6, 6.07) is 17.6. The van der Waals surface area contributed by atoms with E-state index in [9.17, 15) is 4.79 Å². The Hall–Kier alpha value is -3.16. The smallest absolute Gasteiger partial charge is 0.264 e. The maximum absolute atomic E-state index is 14.2. The number of hydrogen-bond donors (Lipinski definition) is 0. The highest BCUT2D eigenvalue weighted by Crippen LogP contribution is 2.35. The Morgan fingerprint density at radius 3 is 2.53 bits per heavy atom. The fourth-order valence-corrected chi connectivity index (χ4v) is 5.10. The van der Waals surface area contributed by atoms with Crippen molar-refractivity contribution in [3.63, 3.8) is 0 Å². The summed E-state index contributed by atoms with van der Waals surface area (Å²) >= 11 is 1.50. The molecule has 4 rings (SSSR count). The fourth-order valence-electron chi connectivity index (χ4n) is 4.08. The van der Waals surface area contributed by atoms with Crippen LogP contribution in [0.1, 0.15) is 31.1 Å². The molecule has 7 heteroatoms. The van der Waals surface area contributed by atoms with Gasteiger partial charge in [0, 0.05) is 13.1 Å². The molecule has 6 nitrogen and oxygen atoms in total. The molecule has 1 heterocycles. The van der Waals surface area contributed by atoms with E-state index in [4.69, 9.17) is 14.5 Å². The predicted molar refractivity (Wildman–Crippen MR) is 141 cm³/mol.